The van der Waals surface area contributed by atoms with Crippen molar-refractivity contribution in [3.05, 3.63) is 36.7 Å². The van der Waals surface area contributed by atoms with E-state index < -0.39 is 0 Å². The van der Waals surface area contributed by atoms with Crippen molar-refractivity contribution in [1.29, 1.82) is 0 Å². The SMILES string of the molecule is Cl.c1cnc2nc(CSc3ncn[nH]3)cn2c1. The maximum absolute atomic E-state index is 4.38. The van der Waals surface area contributed by atoms with E-state index in [0.29, 0.717) is 0 Å². The number of halogens is 1. The largest absolute Gasteiger partial charge is 0.291 e. The number of imidazole rings is 1. The summed E-state index contributed by atoms with van der Waals surface area (Å²) in [5.41, 5.74) is 0.972. The van der Waals surface area contributed by atoms with Crippen molar-refractivity contribution in [3.8, 4) is 0 Å². The number of fused-ring (bicyclic) bond motifs is 1. The van der Waals surface area contributed by atoms with E-state index in [1.54, 1.807) is 18.0 Å². The van der Waals surface area contributed by atoms with Gasteiger partial charge in [-0.2, -0.15) is 5.10 Å². The monoisotopic (exact) mass is 268 g/mol. The van der Waals surface area contributed by atoms with Crippen LogP contribution in [0.1, 0.15) is 5.69 Å². The molecule has 3 aromatic heterocycles. The normalized spacial score (nSPS) is 10.4. The lowest BCUT2D eigenvalue weighted by Gasteiger charge is -1.91. The minimum atomic E-state index is 0. The maximum atomic E-state index is 4.38. The van der Waals surface area contributed by atoms with E-state index in [0.717, 1.165) is 22.4 Å². The fraction of sp³-hybridized carbons (Fsp3) is 0.111. The Kier molecular flexibility index (Phi) is 3.60. The molecule has 0 saturated heterocycles. The van der Waals surface area contributed by atoms with Crippen LogP contribution in [-0.2, 0) is 5.75 Å². The van der Waals surface area contributed by atoms with Crippen LogP contribution in [0.5, 0.6) is 0 Å². The predicted octanol–water partition coefficient (Wildman–Crippen LogP) is 1.56. The van der Waals surface area contributed by atoms with Crippen molar-refractivity contribution < 1.29 is 0 Å². The molecule has 0 aliphatic heterocycles. The zero-order valence-electron chi connectivity index (χ0n) is 8.65. The average Bonchev–Trinajstić information content (AvgIpc) is 2.95. The van der Waals surface area contributed by atoms with Crippen molar-refractivity contribution in [2.45, 2.75) is 10.9 Å². The molecule has 0 atom stereocenters. The van der Waals surface area contributed by atoms with Gasteiger partial charge in [0, 0.05) is 24.3 Å². The van der Waals surface area contributed by atoms with E-state index in [1.807, 2.05) is 22.9 Å². The quantitative estimate of drug-likeness (QED) is 0.730. The Balaban J connectivity index is 0.00000108. The van der Waals surface area contributed by atoms with Crippen LogP contribution in [0.3, 0.4) is 0 Å². The Bertz CT molecular complexity index is 559. The van der Waals surface area contributed by atoms with Gasteiger partial charge >= 0.3 is 0 Å². The Morgan fingerprint density at radius 3 is 3.06 bits per heavy atom. The van der Waals surface area contributed by atoms with E-state index in [1.165, 1.54) is 6.33 Å². The standard InChI is InChI=1S/C9H8N6S.ClH/c1-2-10-8-13-7(4-15(8)3-1)5-16-9-11-6-12-14-9;/h1-4,6H,5H2,(H,11,12,14);1H. The molecule has 0 spiro atoms. The summed E-state index contributed by atoms with van der Waals surface area (Å²) < 4.78 is 1.90. The molecular formula is C9H9ClN6S. The van der Waals surface area contributed by atoms with Gasteiger partial charge in [0.05, 0.1) is 5.69 Å². The fourth-order valence-electron chi connectivity index (χ4n) is 1.36. The molecule has 0 aliphatic carbocycles. The molecule has 0 fully saturated rings. The van der Waals surface area contributed by atoms with Crippen molar-refractivity contribution in [2.24, 2.45) is 0 Å². The second-order valence-corrected chi connectivity index (χ2v) is 4.10. The molecule has 88 valence electrons. The number of hydrogen-bond acceptors (Lipinski definition) is 5. The zero-order valence-corrected chi connectivity index (χ0v) is 10.3. The van der Waals surface area contributed by atoms with Gasteiger partial charge in [0.25, 0.3) is 0 Å². The molecule has 3 rings (SSSR count). The number of hydrogen-bond donors (Lipinski definition) is 1. The first-order chi connectivity index (χ1) is 7.92. The molecule has 0 radical (unpaired) electrons. The molecule has 0 aromatic carbocycles. The molecule has 1 N–H and O–H groups in total. The van der Waals surface area contributed by atoms with E-state index >= 15 is 0 Å². The van der Waals surface area contributed by atoms with Gasteiger partial charge in [0.15, 0.2) is 5.16 Å². The smallest absolute Gasteiger partial charge is 0.233 e. The highest BCUT2D eigenvalue weighted by Gasteiger charge is 2.03. The number of H-pyrrole nitrogens is 1. The lowest BCUT2D eigenvalue weighted by atomic mass is 10.6. The second kappa shape index (κ2) is 5.15. The van der Waals surface area contributed by atoms with E-state index in [-0.39, 0.29) is 12.4 Å². The van der Waals surface area contributed by atoms with Crippen LogP contribution in [0.2, 0.25) is 0 Å². The zero-order chi connectivity index (χ0) is 10.8. The second-order valence-electron chi connectivity index (χ2n) is 3.14. The minimum absolute atomic E-state index is 0. The average molecular weight is 269 g/mol. The summed E-state index contributed by atoms with van der Waals surface area (Å²) in [6, 6.07) is 1.88. The van der Waals surface area contributed by atoms with Crippen molar-refractivity contribution in [2.75, 3.05) is 0 Å². The summed E-state index contributed by atoms with van der Waals surface area (Å²) in [6.07, 6.45) is 7.12. The topological polar surface area (TPSA) is 71.8 Å². The highest BCUT2D eigenvalue weighted by molar-refractivity contribution is 7.98. The third-order valence-electron chi connectivity index (χ3n) is 2.04. The first-order valence-electron chi connectivity index (χ1n) is 4.68. The third-order valence-corrected chi connectivity index (χ3v) is 2.95. The molecule has 0 amide bonds. The third kappa shape index (κ3) is 2.56. The van der Waals surface area contributed by atoms with Crippen LogP contribution in [0.4, 0.5) is 0 Å². The summed E-state index contributed by atoms with van der Waals surface area (Å²) in [5.74, 6) is 1.47. The van der Waals surface area contributed by atoms with Crippen LogP contribution in [0.15, 0.2) is 36.1 Å². The van der Waals surface area contributed by atoms with Crippen molar-refractivity contribution in [1.82, 2.24) is 29.5 Å². The number of rotatable bonds is 3. The molecule has 17 heavy (non-hydrogen) atoms. The van der Waals surface area contributed by atoms with Gasteiger partial charge in [-0.1, -0.05) is 11.8 Å². The van der Waals surface area contributed by atoms with E-state index in [9.17, 15) is 0 Å². The summed E-state index contributed by atoms with van der Waals surface area (Å²) in [5, 5.41) is 7.37. The van der Waals surface area contributed by atoms with E-state index in [2.05, 4.69) is 25.1 Å². The maximum Gasteiger partial charge on any atom is 0.233 e. The first-order valence-corrected chi connectivity index (χ1v) is 5.67. The summed E-state index contributed by atoms with van der Waals surface area (Å²) >= 11 is 1.56. The van der Waals surface area contributed by atoms with Gasteiger partial charge in [-0.15, -0.1) is 12.4 Å². The highest BCUT2D eigenvalue weighted by atomic mass is 35.5. The van der Waals surface area contributed by atoms with Crippen molar-refractivity contribution >= 4 is 29.9 Å². The molecular weight excluding hydrogens is 260 g/mol. The first kappa shape index (κ1) is 11.9. The minimum Gasteiger partial charge on any atom is -0.291 e. The highest BCUT2D eigenvalue weighted by Crippen LogP contribution is 2.17. The van der Waals surface area contributed by atoms with Crippen LogP contribution < -0.4 is 0 Å². The van der Waals surface area contributed by atoms with E-state index in [4.69, 9.17) is 0 Å². The van der Waals surface area contributed by atoms with Gasteiger partial charge in [0.2, 0.25) is 5.78 Å². The Hall–Kier alpha value is -1.60. The molecule has 0 aliphatic rings. The number of thioether (sulfide) groups is 1. The van der Waals surface area contributed by atoms with Crippen LogP contribution >= 0.6 is 24.2 Å². The molecule has 0 saturated carbocycles. The molecule has 0 bridgehead atoms. The number of aromatic amines is 1. The lowest BCUT2D eigenvalue weighted by Crippen LogP contribution is -1.83. The van der Waals surface area contributed by atoms with Crippen LogP contribution in [0, 0.1) is 0 Å². The molecule has 3 aromatic rings. The van der Waals surface area contributed by atoms with Gasteiger partial charge < -0.3 is 0 Å². The molecule has 8 heteroatoms. The summed E-state index contributed by atoms with van der Waals surface area (Å²) in [6.45, 7) is 0. The number of aromatic nitrogens is 6. The Morgan fingerprint density at radius 1 is 1.35 bits per heavy atom. The number of nitrogens with one attached hydrogen (secondary N) is 1. The van der Waals surface area contributed by atoms with Gasteiger partial charge in [-0.3, -0.25) is 9.50 Å². The summed E-state index contributed by atoms with van der Waals surface area (Å²) in [7, 11) is 0. The Morgan fingerprint density at radius 2 is 2.29 bits per heavy atom. The summed E-state index contributed by atoms with van der Waals surface area (Å²) in [4.78, 5) is 12.6. The van der Waals surface area contributed by atoms with Crippen LogP contribution in [0.25, 0.3) is 5.78 Å². The lowest BCUT2D eigenvalue weighted by molar-refractivity contribution is 0.972. The Labute approximate surface area is 107 Å². The molecule has 3 heterocycles. The molecule has 6 nitrogen and oxygen atoms in total. The predicted molar refractivity (Wildman–Crippen MR) is 66.2 cm³/mol. The van der Waals surface area contributed by atoms with Gasteiger partial charge in [-0.25, -0.2) is 15.0 Å². The fourth-order valence-corrected chi connectivity index (χ4v) is 2.02. The van der Waals surface area contributed by atoms with Crippen molar-refractivity contribution in [3.63, 3.8) is 0 Å². The van der Waals surface area contributed by atoms with Crippen LogP contribution in [-0.4, -0.2) is 29.5 Å². The van der Waals surface area contributed by atoms with Gasteiger partial charge in [0.1, 0.15) is 6.33 Å². The molecule has 0 unspecified atom stereocenters. The number of nitrogens with zero attached hydrogens (tertiary/aromatic N) is 5. The van der Waals surface area contributed by atoms with Gasteiger partial charge in [-0.05, 0) is 6.07 Å².